The first-order chi connectivity index (χ1) is 9.35. The molecule has 1 aliphatic rings. The van der Waals surface area contributed by atoms with Crippen LogP contribution in [0.1, 0.15) is 48.5 Å². The van der Waals surface area contributed by atoms with Crippen molar-refractivity contribution in [3.05, 3.63) is 17.0 Å². The lowest BCUT2D eigenvalue weighted by atomic mass is 9.93. The van der Waals surface area contributed by atoms with Gasteiger partial charge in [0, 0.05) is 19.7 Å². The average molecular weight is 282 g/mol. The third kappa shape index (κ3) is 2.86. The number of aliphatic hydroxyl groups excluding tert-OH is 1. The molecular formula is C14H22N2O4. The summed E-state index contributed by atoms with van der Waals surface area (Å²) in [6.07, 6.45) is 1.58. The summed E-state index contributed by atoms with van der Waals surface area (Å²) >= 11 is 0. The van der Waals surface area contributed by atoms with Crippen molar-refractivity contribution in [2.75, 3.05) is 13.7 Å². The molecule has 2 rings (SSSR count). The Balaban J connectivity index is 2.16. The highest BCUT2D eigenvalue weighted by molar-refractivity contribution is 5.93. The summed E-state index contributed by atoms with van der Waals surface area (Å²) in [5.41, 5.74) is 0.446. The maximum Gasteiger partial charge on any atom is 0.276 e. The van der Waals surface area contributed by atoms with Crippen LogP contribution in [0.5, 0.6) is 0 Å². The molecule has 0 aromatic carbocycles. The quantitative estimate of drug-likeness (QED) is 0.909. The zero-order chi connectivity index (χ0) is 14.9. The van der Waals surface area contributed by atoms with Gasteiger partial charge in [-0.3, -0.25) is 4.79 Å². The molecule has 6 nitrogen and oxygen atoms in total. The molecule has 0 radical (unpaired) electrons. The van der Waals surface area contributed by atoms with Crippen LogP contribution in [0.25, 0.3) is 0 Å². The van der Waals surface area contributed by atoms with E-state index in [9.17, 15) is 9.90 Å². The second-order valence-electron chi connectivity index (χ2n) is 5.89. The van der Waals surface area contributed by atoms with Gasteiger partial charge in [0.05, 0.1) is 17.8 Å². The second-order valence-corrected chi connectivity index (χ2v) is 5.89. The molecule has 0 unspecified atom stereocenters. The van der Waals surface area contributed by atoms with Gasteiger partial charge < -0.3 is 19.3 Å². The summed E-state index contributed by atoms with van der Waals surface area (Å²) in [5.74, 6) is 0.269. The molecule has 0 spiro atoms. The Hall–Kier alpha value is -1.40. The maximum absolute atomic E-state index is 12.5. The number of hydrogen-bond acceptors (Lipinski definition) is 5. The predicted octanol–water partition coefficient (Wildman–Crippen LogP) is 1.50. The smallest absolute Gasteiger partial charge is 0.276 e. The molecule has 0 saturated carbocycles. The number of ether oxygens (including phenoxy) is 1. The lowest BCUT2D eigenvalue weighted by Crippen LogP contribution is -2.47. The van der Waals surface area contributed by atoms with Crippen molar-refractivity contribution in [1.29, 1.82) is 0 Å². The van der Waals surface area contributed by atoms with E-state index in [1.807, 2.05) is 13.8 Å². The number of aromatic nitrogens is 1. The standard InChI is InChI=1S/C14H22N2O4/c1-9-11(8-17)12(15-20-9)13(18)16(4)10-5-6-19-14(2,3)7-10/h10,17H,5-8H2,1-4H3/t10-/m1/s1. The number of carbonyl (C=O) groups is 1. The predicted molar refractivity (Wildman–Crippen MR) is 72.3 cm³/mol. The van der Waals surface area contributed by atoms with Crippen LogP contribution in [0.3, 0.4) is 0 Å². The molecule has 112 valence electrons. The Morgan fingerprint density at radius 2 is 2.25 bits per heavy atom. The van der Waals surface area contributed by atoms with Gasteiger partial charge in [-0.2, -0.15) is 0 Å². The molecule has 6 heteroatoms. The molecule has 20 heavy (non-hydrogen) atoms. The van der Waals surface area contributed by atoms with Crippen molar-refractivity contribution < 1.29 is 19.2 Å². The fourth-order valence-corrected chi connectivity index (χ4v) is 2.61. The summed E-state index contributed by atoms with van der Waals surface area (Å²) in [5, 5.41) is 13.1. The van der Waals surface area contributed by atoms with Crippen LogP contribution in [-0.4, -0.2) is 46.4 Å². The SMILES string of the molecule is Cc1onc(C(=O)N(C)[C@@H]2CCOC(C)(C)C2)c1CO. The fraction of sp³-hybridized carbons (Fsp3) is 0.714. The molecule has 1 aromatic heterocycles. The lowest BCUT2D eigenvalue weighted by Gasteiger charge is -2.39. The first-order valence-electron chi connectivity index (χ1n) is 6.83. The van der Waals surface area contributed by atoms with E-state index in [0.717, 1.165) is 12.8 Å². The van der Waals surface area contributed by atoms with Crippen molar-refractivity contribution in [3.8, 4) is 0 Å². The monoisotopic (exact) mass is 282 g/mol. The first kappa shape index (κ1) is 15.0. The largest absolute Gasteiger partial charge is 0.391 e. The molecular weight excluding hydrogens is 260 g/mol. The number of aryl methyl sites for hydroxylation is 1. The van der Waals surface area contributed by atoms with Crippen molar-refractivity contribution in [2.45, 2.75) is 51.9 Å². The summed E-state index contributed by atoms with van der Waals surface area (Å²) in [6, 6.07) is 0.106. The topological polar surface area (TPSA) is 75.8 Å². The van der Waals surface area contributed by atoms with Crippen molar-refractivity contribution >= 4 is 5.91 Å². The van der Waals surface area contributed by atoms with E-state index in [-0.39, 0.29) is 29.9 Å². The Bertz CT molecular complexity index is 495. The van der Waals surface area contributed by atoms with Gasteiger partial charge in [-0.05, 0) is 33.6 Å². The highest BCUT2D eigenvalue weighted by Gasteiger charge is 2.34. The normalized spacial score (nSPS) is 21.8. The van der Waals surface area contributed by atoms with E-state index in [4.69, 9.17) is 9.26 Å². The van der Waals surface area contributed by atoms with E-state index >= 15 is 0 Å². The second kappa shape index (κ2) is 5.54. The van der Waals surface area contributed by atoms with Crippen LogP contribution >= 0.6 is 0 Å². The Labute approximate surface area is 118 Å². The molecule has 1 amide bonds. The van der Waals surface area contributed by atoms with Gasteiger partial charge in [0.2, 0.25) is 0 Å². The van der Waals surface area contributed by atoms with E-state index in [0.29, 0.717) is 17.9 Å². The van der Waals surface area contributed by atoms with Crippen molar-refractivity contribution in [2.24, 2.45) is 0 Å². The van der Waals surface area contributed by atoms with E-state index in [2.05, 4.69) is 5.16 Å². The minimum atomic E-state index is -0.247. The summed E-state index contributed by atoms with van der Waals surface area (Å²) < 4.78 is 10.7. The van der Waals surface area contributed by atoms with E-state index < -0.39 is 0 Å². The molecule has 1 fully saturated rings. The molecule has 1 saturated heterocycles. The third-order valence-corrected chi connectivity index (χ3v) is 3.88. The zero-order valence-electron chi connectivity index (χ0n) is 12.5. The lowest BCUT2D eigenvalue weighted by molar-refractivity contribution is -0.0756. The fourth-order valence-electron chi connectivity index (χ4n) is 2.61. The molecule has 1 N–H and O–H groups in total. The molecule has 0 bridgehead atoms. The summed E-state index contributed by atoms with van der Waals surface area (Å²) in [4.78, 5) is 14.2. The number of aliphatic hydroxyl groups is 1. The van der Waals surface area contributed by atoms with Crippen LogP contribution in [-0.2, 0) is 11.3 Å². The Kier molecular flexibility index (Phi) is 4.15. The number of nitrogens with zero attached hydrogens (tertiary/aromatic N) is 2. The van der Waals surface area contributed by atoms with Crippen LogP contribution in [0.15, 0.2) is 4.52 Å². The van der Waals surface area contributed by atoms with Gasteiger partial charge in [0.1, 0.15) is 5.76 Å². The van der Waals surface area contributed by atoms with Gasteiger partial charge in [0.15, 0.2) is 5.69 Å². The van der Waals surface area contributed by atoms with Gasteiger partial charge in [-0.15, -0.1) is 0 Å². The van der Waals surface area contributed by atoms with E-state index in [1.54, 1.807) is 18.9 Å². The summed E-state index contributed by atoms with van der Waals surface area (Å²) in [7, 11) is 1.76. The molecule has 1 atom stereocenters. The Morgan fingerprint density at radius 1 is 1.55 bits per heavy atom. The minimum Gasteiger partial charge on any atom is -0.391 e. The van der Waals surface area contributed by atoms with Crippen LogP contribution in [0.2, 0.25) is 0 Å². The number of carbonyl (C=O) groups excluding carboxylic acids is 1. The average Bonchev–Trinajstić information content (AvgIpc) is 2.76. The minimum absolute atomic E-state index is 0.106. The number of amides is 1. The van der Waals surface area contributed by atoms with Gasteiger partial charge >= 0.3 is 0 Å². The highest BCUT2D eigenvalue weighted by Crippen LogP contribution is 2.28. The van der Waals surface area contributed by atoms with Crippen molar-refractivity contribution in [3.63, 3.8) is 0 Å². The van der Waals surface area contributed by atoms with Gasteiger partial charge in [-0.1, -0.05) is 5.16 Å². The number of hydrogen-bond donors (Lipinski definition) is 1. The molecule has 0 aliphatic carbocycles. The zero-order valence-corrected chi connectivity index (χ0v) is 12.5. The van der Waals surface area contributed by atoms with Gasteiger partial charge in [0.25, 0.3) is 5.91 Å². The Morgan fingerprint density at radius 3 is 2.85 bits per heavy atom. The van der Waals surface area contributed by atoms with Crippen LogP contribution in [0, 0.1) is 6.92 Å². The third-order valence-electron chi connectivity index (χ3n) is 3.88. The highest BCUT2D eigenvalue weighted by atomic mass is 16.5. The first-order valence-corrected chi connectivity index (χ1v) is 6.83. The molecule has 1 aliphatic heterocycles. The van der Waals surface area contributed by atoms with Crippen LogP contribution < -0.4 is 0 Å². The molecule has 1 aromatic rings. The van der Waals surface area contributed by atoms with Crippen LogP contribution in [0.4, 0.5) is 0 Å². The van der Waals surface area contributed by atoms with E-state index in [1.165, 1.54) is 0 Å². The van der Waals surface area contributed by atoms with Gasteiger partial charge in [-0.25, -0.2) is 0 Å². The maximum atomic E-state index is 12.5. The summed E-state index contributed by atoms with van der Waals surface area (Å²) in [6.45, 7) is 6.13. The number of rotatable bonds is 3. The van der Waals surface area contributed by atoms with Crippen molar-refractivity contribution in [1.82, 2.24) is 10.1 Å². The molecule has 2 heterocycles.